The van der Waals surface area contributed by atoms with Crippen LogP contribution in [0.3, 0.4) is 0 Å². The maximum Gasteiger partial charge on any atom is 0.229 e. The van der Waals surface area contributed by atoms with E-state index < -0.39 is 5.82 Å². The third-order valence-electron chi connectivity index (χ3n) is 2.23. The van der Waals surface area contributed by atoms with Gasteiger partial charge in [0.15, 0.2) is 5.82 Å². The van der Waals surface area contributed by atoms with Gasteiger partial charge >= 0.3 is 0 Å². The van der Waals surface area contributed by atoms with Gasteiger partial charge in [0.25, 0.3) is 0 Å². The molecule has 0 bridgehead atoms. The fourth-order valence-corrected chi connectivity index (χ4v) is 1.52. The van der Waals surface area contributed by atoms with Gasteiger partial charge in [-0.25, -0.2) is 9.37 Å². The normalized spacial score (nSPS) is 10.2. The Kier molecular flexibility index (Phi) is 3.47. The smallest absolute Gasteiger partial charge is 0.229 e. The first kappa shape index (κ1) is 12.4. The Labute approximate surface area is 108 Å². The third kappa shape index (κ3) is 2.60. The minimum absolute atomic E-state index is 0.242. The molecular weight excluding hydrogens is 257 g/mol. The molecule has 94 valence electrons. The lowest BCUT2D eigenvalue weighted by atomic mass is 10.3. The van der Waals surface area contributed by atoms with E-state index in [1.807, 2.05) is 0 Å². The van der Waals surface area contributed by atoms with E-state index in [0.717, 1.165) is 0 Å². The van der Waals surface area contributed by atoms with E-state index in [4.69, 9.17) is 17.3 Å². The molecule has 1 aromatic heterocycles. The number of nitrogens with zero attached hydrogens (tertiary/aromatic N) is 2. The Morgan fingerprint density at radius 3 is 2.83 bits per heavy atom. The first-order chi connectivity index (χ1) is 8.60. The van der Waals surface area contributed by atoms with Crippen LogP contribution in [0.1, 0.15) is 0 Å². The maximum absolute atomic E-state index is 13.6. The highest BCUT2D eigenvalue weighted by molar-refractivity contribution is 6.30. The van der Waals surface area contributed by atoms with Crippen molar-refractivity contribution < 1.29 is 4.39 Å². The summed E-state index contributed by atoms with van der Waals surface area (Å²) in [5.41, 5.74) is 6.29. The summed E-state index contributed by atoms with van der Waals surface area (Å²) in [6, 6.07) is 4.29. The molecule has 18 heavy (non-hydrogen) atoms. The molecule has 0 aliphatic rings. The fraction of sp³-hybridized carbons (Fsp3) is 0.0909. The molecule has 0 aliphatic carbocycles. The van der Waals surface area contributed by atoms with Crippen LogP contribution < -0.4 is 16.4 Å². The van der Waals surface area contributed by atoms with Crippen molar-refractivity contribution in [2.75, 3.05) is 23.4 Å². The maximum atomic E-state index is 13.6. The number of nitrogens with two attached hydrogens (primary N) is 1. The Bertz CT molecular complexity index is 575. The first-order valence-electron chi connectivity index (χ1n) is 5.12. The molecule has 0 saturated heterocycles. The molecule has 1 heterocycles. The van der Waals surface area contributed by atoms with Gasteiger partial charge in [-0.05, 0) is 18.2 Å². The van der Waals surface area contributed by atoms with Crippen LogP contribution in [0.4, 0.5) is 27.5 Å². The molecule has 2 rings (SSSR count). The number of nitrogen functional groups attached to an aromatic ring is 1. The minimum atomic E-state index is -0.478. The first-order valence-corrected chi connectivity index (χ1v) is 5.50. The van der Waals surface area contributed by atoms with E-state index in [0.29, 0.717) is 16.5 Å². The molecule has 0 atom stereocenters. The number of rotatable bonds is 3. The van der Waals surface area contributed by atoms with Gasteiger partial charge in [0.05, 0.1) is 17.6 Å². The highest BCUT2D eigenvalue weighted by Gasteiger charge is 2.07. The topological polar surface area (TPSA) is 75.9 Å². The number of anilines is 4. The van der Waals surface area contributed by atoms with Crippen molar-refractivity contribution in [2.24, 2.45) is 0 Å². The second-order valence-corrected chi connectivity index (χ2v) is 3.93. The van der Waals surface area contributed by atoms with Crippen LogP contribution in [0.25, 0.3) is 0 Å². The van der Waals surface area contributed by atoms with E-state index in [1.165, 1.54) is 18.3 Å². The lowest BCUT2D eigenvalue weighted by molar-refractivity contribution is 0.631. The molecule has 2 aromatic rings. The van der Waals surface area contributed by atoms with Crippen LogP contribution in [0.15, 0.2) is 24.4 Å². The number of hydrogen-bond acceptors (Lipinski definition) is 5. The number of halogens is 2. The van der Waals surface area contributed by atoms with E-state index in [9.17, 15) is 4.39 Å². The second-order valence-electron chi connectivity index (χ2n) is 3.50. The van der Waals surface area contributed by atoms with Crippen LogP contribution in [0.2, 0.25) is 5.02 Å². The van der Waals surface area contributed by atoms with Gasteiger partial charge in [-0.3, -0.25) is 0 Å². The zero-order valence-electron chi connectivity index (χ0n) is 9.54. The van der Waals surface area contributed by atoms with Crippen LogP contribution in [0.5, 0.6) is 0 Å². The van der Waals surface area contributed by atoms with Crippen molar-refractivity contribution in [1.82, 2.24) is 9.97 Å². The number of benzene rings is 1. The number of nitrogens with one attached hydrogen (secondary N) is 2. The van der Waals surface area contributed by atoms with Crippen molar-refractivity contribution in [2.45, 2.75) is 0 Å². The summed E-state index contributed by atoms with van der Waals surface area (Å²) in [5.74, 6) is 0.241. The monoisotopic (exact) mass is 267 g/mol. The highest BCUT2D eigenvalue weighted by atomic mass is 35.5. The Balaban J connectivity index is 2.28. The summed E-state index contributed by atoms with van der Waals surface area (Å²) < 4.78 is 13.6. The second kappa shape index (κ2) is 5.05. The lowest BCUT2D eigenvalue weighted by Crippen LogP contribution is -2.04. The van der Waals surface area contributed by atoms with Gasteiger partial charge in [-0.15, -0.1) is 0 Å². The van der Waals surface area contributed by atoms with E-state index >= 15 is 0 Å². The Morgan fingerprint density at radius 1 is 1.39 bits per heavy atom. The standard InChI is InChI=1S/C11H11ClFN5/c1-15-10-8(14)5-16-11(18-10)17-9-3-2-6(12)4-7(9)13/h2-5H,14H2,1H3,(H2,15,16,17,18). The van der Waals surface area contributed by atoms with Crippen LogP contribution in [-0.2, 0) is 0 Å². The van der Waals surface area contributed by atoms with Crippen molar-refractivity contribution in [3.63, 3.8) is 0 Å². The zero-order chi connectivity index (χ0) is 13.1. The van der Waals surface area contributed by atoms with Crippen LogP contribution >= 0.6 is 11.6 Å². The van der Waals surface area contributed by atoms with Crippen LogP contribution in [0, 0.1) is 5.82 Å². The highest BCUT2D eigenvalue weighted by Crippen LogP contribution is 2.22. The van der Waals surface area contributed by atoms with Gasteiger partial charge in [0, 0.05) is 12.1 Å². The number of hydrogen-bond donors (Lipinski definition) is 3. The van der Waals surface area contributed by atoms with Crippen molar-refractivity contribution in [3.05, 3.63) is 35.2 Å². The lowest BCUT2D eigenvalue weighted by Gasteiger charge is -2.09. The molecule has 5 nitrogen and oxygen atoms in total. The van der Waals surface area contributed by atoms with E-state index in [2.05, 4.69) is 20.6 Å². The fourth-order valence-electron chi connectivity index (χ4n) is 1.36. The van der Waals surface area contributed by atoms with Crippen molar-refractivity contribution in [3.8, 4) is 0 Å². The Hall–Kier alpha value is -2.08. The average Bonchev–Trinajstić information content (AvgIpc) is 2.35. The minimum Gasteiger partial charge on any atom is -0.394 e. The predicted octanol–water partition coefficient (Wildman–Crippen LogP) is 2.64. The third-order valence-corrected chi connectivity index (χ3v) is 2.47. The predicted molar refractivity (Wildman–Crippen MR) is 70.7 cm³/mol. The summed E-state index contributed by atoms with van der Waals surface area (Å²) in [6.45, 7) is 0. The molecule has 0 amide bonds. The molecule has 1 aromatic carbocycles. The zero-order valence-corrected chi connectivity index (χ0v) is 10.3. The SMILES string of the molecule is CNc1nc(Nc2ccc(Cl)cc2F)ncc1N. The summed E-state index contributed by atoms with van der Waals surface area (Å²) >= 11 is 5.66. The van der Waals surface area contributed by atoms with E-state index in [-0.39, 0.29) is 11.6 Å². The Morgan fingerprint density at radius 2 is 2.17 bits per heavy atom. The van der Waals surface area contributed by atoms with Gasteiger partial charge in [0.1, 0.15) is 5.82 Å². The molecule has 4 N–H and O–H groups in total. The summed E-state index contributed by atoms with van der Waals surface area (Å²) in [5, 5.41) is 5.89. The van der Waals surface area contributed by atoms with Gasteiger partial charge in [-0.2, -0.15) is 4.98 Å². The quantitative estimate of drug-likeness (QED) is 0.797. The van der Waals surface area contributed by atoms with Crippen molar-refractivity contribution in [1.29, 1.82) is 0 Å². The molecule has 0 aliphatic heterocycles. The molecule has 0 radical (unpaired) electrons. The molecule has 0 fully saturated rings. The molecule has 7 heteroatoms. The van der Waals surface area contributed by atoms with Crippen molar-refractivity contribution >= 4 is 34.7 Å². The molecule has 0 saturated carbocycles. The largest absolute Gasteiger partial charge is 0.394 e. The molecule has 0 unspecified atom stereocenters. The van der Waals surface area contributed by atoms with Gasteiger partial charge in [0.2, 0.25) is 5.95 Å². The summed E-state index contributed by atoms with van der Waals surface area (Å²) in [4.78, 5) is 8.05. The summed E-state index contributed by atoms with van der Waals surface area (Å²) in [6.07, 6.45) is 1.44. The van der Waals surface area contributed by atoms with Gasteiger partial charge in [-0.1, -0.05) is 11.6 Å². The molecular formula is C11H11ClFN5. The average molecular weight is 268 g/mol. The number of aromatic nitrogens is 2. The van der Waals surface area contributed by atoms with E-state index in [1.54, 1.807) is 13.1 Å². The van der Waals surface area contributed by atoms with Crippen LogP contribution in [-0.4, -0.2) is 17.0 Å². The molecule has 0 spiro atoms. The summed E-state index contributed by atoms with van der Waals surface area (Å²) in [7, 11) is 1.69. The van der Waals surface area contributed by atoms with Gasteiger partial charge < -0.3 is 16.4 Å².